The van der Waals surface area contributed by atoms with Crippen molar-refractivity contribution in [2.24, 2.45) is 5.92 Å². The number of anilines is 1. The smallest absolute Gasteiger partial charge is 0.160 e. The minimum atomic E-state index is 0.268. The van der Waals surface area contributed by atoms with Gasteiger partial charge in [-0.15, -0.1) is 0 Å². The van der Waals surface area contributed by atoms with Gasteiger partial charge in [-0.05, 0) is 50.5 Å². The lowest BCUT2D eigenvalue weighted by Crippen LogP contribution is -2.25. The molecule has 3 rings (SSSR count). The minimum Gasteiger partial charge on any atom is -0.499 e. The first-order chi connectivity index (χ1) is 12.0. The molecule has 0 amide bonds. The molecule has 2 heterocycles. The molecule has 0 N–H and O–H groups in total. The Hall–Kier alpha value is -2.49. The van der Waals surface area contributed by atoms with Crippen LogP contribution in [0.2, 0.25) is 0 Å². The largest absolute Gasteiger partial charge is 0.499 e. The second-order valence-electron chi connectivity index (χ2n) is 7.07. The van der Waals surface area contributed by atoms with Crippen LogP contribution in [0.1, 0.15) is 33.3 Å². The molecule has 2 aromatic heterocycles. The van der Waals surface area contributed by atoms with Crippen LogP contribution in [0.15, 0.2) is 47.3 Å². The van der Waals surface area contributed by atoms with Gasteiger partial charge in [-0.3, -0.25) is 4.98 Å². The van der Waals surface area contributed by atoms with Gasteiger partial charge in [0, 0.05) is 23.8 Å². The lowest BCUT2D eigenvalue weighted by molar-refractivity contribution is 0.210. The second-order valence-corrected chi connectivity index (χ2v) is 7.07. The van der Waals surface area contributed by atoms with E-state index in [1.165, 1.54) is 0 Å². The fraction of sp³-hybridized carbons (Fsp3) is 0.381. The van der Waals surface area contributed by atoms with E-state index in [0.29, 0.717) is 12.5 Å². The Morgan fingerprint density at radius 1 is 1.20 bits per heavy atom. The zero-order valence-corrected chi connectivity index (χ0v) is 15.6. The van der Waals surface area contributed by atoms with Crippen molar-refractivity contribution in [3.8, 4) is 0 Å². The third kappa shape index (κ3) is 3.48. The van der Waals surface area contributed by atoms with E-state index in [9.17, 15) is 0 Å². The quantitative estimate of drug-likeness (QED) is 0.545. The topological polar surface area (TPSA) is 38.5 Å². The van der Waals surface area contributed by atoms with Crippen LogP contribution in [0.3, 0.4) is 0 Å². The number of fused-ring (bicyclic) bond motifs is 3. The predicted octanol–water partition coefficient (Wildman–Crippen LogP) is 5.65. The molecule has 0 saturated heterocycles. The molecule has 132 valence electrons. The number of rotatable bonds is 6. The van der Waals surface area contributed by atoms with Gasteiger partial charge in [0.15, 0.2) is 11.2 Å². The standard InChI is InChI=1S/C21H26N2O2/c1-14(2)13-24-12-11-23(15(3)4)20-16(5)8-9-17-19-18(25-21(17)20)7-6-10-22-19/h6-12,14-15H,13H2,1-5H3/b12-11-. The zero-order valence-electron chi connectivity index (χ0n) is 15.6. The molecule has 0 spiro atoms. The number of hydrogen-bond donors (Lipinski definition) is 0. The van der Waals surface area contributed by atoms with Gasteiger partial charge >= 0.3 is 0 Å². The Kier molecular flexibility index (Phi) is 4.98. The predicted molar refractivity (Wildman–Crippen MR) is 104 cm³/mol. The monoisotopic (exact) mass is 338 g/mol. The highest BCUT2D eigenvalue weighted by molar-refractivity contribution is 6.07. The van der Waals surface area contributed by atoms with Crippen LogP contribution >= 0.6 is 0 Å². The molecule has 0 aliphatic heterocycles. The summed E-state index contributed by atoms with van der Waals surface area (Å²) in [5.41, 5.74) is 4.81. The molecule has 0 atom stereocenters. The molecule has 1 aromatic carbocycles. The number of aromatic nitrogens is 1. The van der Waals surface area contributed by atoms with Crippen molar-refractivity contribution in [1.29, 1.82) is 0 Å². The van der Waals surface area contributed by atoms with Gasteiger partial charge in [0.1, 0.15) is 5.52 Å². The van der Waals surface area contributed by atoms with Crippen molar-refractivity contribution in [3.63, 3.8) is 0 Å². The third-order valence-electron chi connectivity index (χ3n) is 4.13. The fourth-order valence-corrected chi connectivity index (χ4v) is 2.93. The minimum absolute atomic E-state index is 0.268. The Morgan fingerprint density at radius 3 is 2.72 bits per heavy atom. The summed E-state index contributed by atoms with van der Waals surface area (Å²) < 4.78 is 11.8. The van der Waals surface area contributed by atoms with Crippen LogP contribution in [0.25, 0.3) is 22.1 Å². The number of furan rings is 1. The van der Waals surface area contributed by atoms with Gasteiger partial charge in [0.2, 0.25) is 0 Å². The summed E-state index contributed by atoms with van der Waals surface area (Å²) >= 11 is 0. The number of ether oxygens (including phenoxy) is 1. The molecule has 0 aliphatic rings. The molecule has 3 aromatic rings. The SMILES string of the molecule is Cc1ccc2c(oc3cccnc32)c1N(/C=C\OCC(C)C)C(C)C. The highest BCUT2D eigenvalue weighted by atomic mass is 16.5. The van der Waals surface area contributed by atoms with Crippen molar-refractivity contribution in [3.05, 3.63) is 48.5 Å². The van der Waals surface area contributed by atoms with E-state index < -0.39 is 0 Å². The van der Waals surface area contributed by atoms with Gasteiger partial charge in [0.05, 0.1) is 18.6 Å². The maximum atomic E-state index is 6.16. The number of benzene rings is 1. The van der Waals surface area contributed by atoms with Crippen LogP contribution in [0, 0.1) is 12.8 Å². The number of aryl methyl sites for hydroxylation is 1. The molecular weight excluding hydrogens is 312 g/mol. The molecule has 0 saturated carbocycles. The fourth-order valence-electron chi connectivity index (χ4n) is 2.93. The van der Waals surface area contributed by atoms with E-state index in [1.807, 2.05) is 18.3 Å². The van der Waals surface area contributed by atoms with Crippen molar-refractivity contribution in [1.82, 2.24) is 4.98 Å². The molecule has 0 fully saturated rings. The lowest BCUT2D eigenvalue weighted by Gasteiger charge is -2.26. The highest BCUT2D eigenvalue weighted by Gasteiger charge is 2.19. The highest BCUT2D eigenvalue weighted by Crippen LogP contribution is 2.37. The summed E-state index contributed by atoms with van der Waals surface area (Å²) in [6.07, 6.45) is 5.57. The summed E-state index contributed by atoms with van der Waals surface area (Å²) in [5.74, 6) is 0.503. The molecule has 4 nitrogen and oxygen atoms in total. The number of nitrogens with zero attached hydrogens (tertiary/aromatic N) is 2. The van der Waals surface area contributed by atoms with E-state index in [4.69, 9.17) is 9.15 Å². The first-order valence-electron chi connectivity index (χ1n) is 8.82. The first kappa shape index (κ1) is 17.3. The van der Waals surface area contributed by atoms with Crippen LogP contribution < -0.4 is 4.90 Å². The van der Waals surface area contributed by atoms with Crippen molar-refractivity contribution >= 4 is 27.8 Å². The Morgan fingerprint density at radius 2 is 2.00 bits per heavy atom. The van der Waals surface area contributed by atoms with Gasteiger partial charge in [-0.25, -0.2) is 0 Å². The molecule has 4 heteroatoms. The normalized spacial score (nSPS) is 12.1. The maximum absolute atomic E-state index is 6.16. The summed E-state index contributed by atoms with van der Waals surface area (Å²) in [7, 11) is 0. The Bertz CT molecular complexity index is 893. The van der Waals surface area contributed by atoms with Gasteiger partial charge in [0.25, 0.3) is 0 Å². The zero-order chi connectivity index (χ0) is 18.0. The summed E-state index contributed by atoms with van der Waals surface area (Å²) in [6, 6.07) is 8.34. The van der Waals surface area contributed by atoms with Gasteiger partial charge in [-0.1, -0.05) is 19.9 Å². The molecule has 0 bridgehead atoms. The summed E-state index contributed by atoms with van der Waals surface area (Å²) in [5, 5.41) is 1.04. The lowest BCUT2D eigenvalue weighted by atomic mass is 10.1. The van der Waals surface area contributed by atoms with E-state index >= 15 is 0 Å². The second kappa shape index (κ2) is 7.18. The number of pyridine rings is 1. The average Bonchev–Trinajstić information content (AvgIpc) is 2.94. The Labute approximate surface area is 149 Å². The van der Waals surface area contributed by atoms with Crippen molar-refractivity contribution < 1.29 is 9.15 Å². The van der Waals surface area contributed by atoms with Crippen LogP contribution in [-0.2, 0) is 4.74 Å². The van der Waals surface area contributed by atoms with Crippen LogP contribution in [0.4, 0.5) is 5.69 Å². The van der Waals surface area contributed by atoms with Gasteiger partial charge in [-0.2, -0.15) is 0 Å². The first-order valence-corrected chi connectivity index (χ1v) is 8.82. The average molecular weight is 338 g/mol. The van der Waals surface area contributed by atoms with Crippen molar-refractivity contribution in [2.45, 2.75) is 40.7 Å². The number of hydrogen-bond acceptors (Lipinski definition) is 4. The molecule has 25 heavy (non-hydrogen) atoms. The molecular formula is C21H26N2O2. The molecule has 0 radical (unpaired) electrons. The van der Waals surface area contributed by atoms with E-state index in [0.717, 1.165) is 33.3 Å². The van der Waals surface area contributed by atoms with E-state index in [2.05, 4.69) is 56.6 Å². The Balaban J connectivity index is 2.08. The maximum Gasteiger partial charge on any atom is 0.160 e. The van der Waals surface area contributed by atoms with E-state index in [1.54, 1.807) is 12.5 Å². The van der Waals surface area contributed by atoms with Gasteiger partial charge < -0.3 is 14.1 Å². The van der Waals surface area contributed by atoms with E-state index in [-0.39, 0.29) is 6.04 Å². The third-order valence-corrected chi connectivity index (χ3v) is 4.13. The van der Waals surface area contributed by atoms with Crippen LogP contribution in [0.5, 0.6) is 0 Å². The summed E-state index contributed by atoms with van der Waals surface area (Å²) in [6.45, 7) is 11.4. The van der Waals surface area contributed by atoms with Crippen molar-refractivity contribution in [2.75, 3.05) is 11.5 Å². The summed E-state index contributed by atoms with van der Waals surface area (Å²) in [4.78, 5) is 6.68. The molecule has 0 unspecified atom stereocenters. The molecule has 0 aliphatic carbocycles. The van der Waals surface area contributed by atoms with Crippen LogP contribution in [-0.4, -0.2) is 17.6 Å².